The lowest BCUT2D eigenvalue weighted by Gasteiger charge is -2.41. The molecule has 1 aromatic heterocycles. The van der Waals surface area contributed by atoms with E-state index in [1.807, 2.05) is 31.5 Å². The van der Waals surface area contributed by atoms with Gasteiger partial charge in [0.05, 0.1) is 0 Å². The number of aryl methyl sites for hydroxylation is 2. The zero-order valence-electron chi connectivity index (χ0n) is 15.5. The van der Waals surface area contributed by atoms with Gasteiger partial charge in [0.25, 0.3) is 5.56 Å². The zero-order valence-corrected chi connectivity index (χ0v) is 15.5. The highest BCUT2D eigenvalue weighted by molar-refractivity contribution is 5.26. The quantitative estimate of drug-likeness (QED) is 0.891. The van der Waals surface area contributed by atoms with Crippen molar-refractivity contribution in [3.8, 4) is 0 Å². The summed E-state index contributed by atoms with van der Waals surface area (Å²) in [5.74, 6) is -0.729. The summed E-state index contributed by atoms with van der Waals surface area (Å²) in [6.07, 6.45) is 12.0. The molecule has 2 aromatic rings. The largest absolute Gasteiger partial charge is 0.352 e. The molecule has 136 valence electrons. The number of hydrogen-bond donors (Lipinski definition) is 2. The van der Waals surface area contributed by atoms with E-state index in [9.17, 15) is 4.79 Å². The number of likely N-dealkylation sites (N-methyl/N-ethyl adjacent to an activating group) is 1. The van der Waals surface area contributed by atoms with Crippen molar-refractivity contribution in [1.29, 1.82) is 0 Å². The third-order valence-corrected chi connectivity index (χ3v) is 5.43. The van der Waals surface area contributed by atoms with E-state index in [0.29, 0.717) is 0 Å². The van der Waals surface area contributed by atoms with Gasteiger partial charge in [-0.1, -0.05) is 35.9 Å². The Kier molecular flexibility index (Phi) is 4.32. The smallest absolute Gasteiger partial charge is 0.273 e. The average Bonchev–Trinajstić information content (AvgIpc) is 3.00. The van der Waals surface area contributed by atoms with Crippen molar-refractivity contribution < 1.29 is 0 Å². The lowest BCUT2D eigenvalue weighted by atomic mass is 9.98. The molecule has 0 saturated heterocycles. The highest BCUT2D eigenvalue weighted by Gasteiger charge is 2.37. The molecule has 0 saturated carbocycles. The summed E-state index contributed by atoms with van der Waals surface area (Å²) < 4.78 is 1.76. The fraction of sp³-hybridized carbons (Fsp3) is 0.381. The van der Waals surface area contributed by atoms with Crippen LogP contribution in [0.3, 0.4) is 0 Å². The number of benzene rings is 1. The molecular weight excluding hydrogens is 324 g/mol. The first kappa shape index (κ1) is 16.9. The van der Waals surface area contributed by atoms with E-state index < -0.39 is 5.79 Å². The number of allylic oxidation sites excluding steroid dienone is 2. The van der Waals surface area contributed by atoms with Crippen molar-refractivity contribution in [3.63, 3.8) is 0 Å². The van der Waals surface area contributed by atoms with Gasteiger partial charge in [0.15, 0.2) is 0 Å². The van der Waals surface area contributed by atoms with Crippen LogP contribution in [0.4, 0.5) is 0 Å². The Hall–Kier alpha value is -2.53. The van der Waals surface area contributed by atoms with Gasteiger partial charge in [-0.3, -0.25) is 14.8 Å². The summed E-state index contributed by atoms with van der Waals surface area (Å²) in [4.78, 5) is 15.3. The van der Waals surface area contributed by atoms with E-state index in [0.717, 1.165) is 43.5 Å². The Balaban J connectivity index is 1.75. The number of aromatic nitrogens is 2. The number of nitrogens with one attached hydrogen (secondary N) is 2. The maximum Gasteiger partial charge on any atom is 0.273 e. The number of nitrogens with zero attached hydrogens (tertiary/aromatic N) is 2. The van der Waals surface area contributed by atoms with Crippen LogP contribution in [0, 0.1) is 6.92 Å². The molecule has 0 fully saturated rings. The van der Waals surface area contributed by atoms with Gasteiger partial charge in [0, 0.05) is 17.8 Å². The summed E-state index contributed by atoms with van der Waals surface area (Å²) in [6, 6.07) is 8.50. The average molecular weight is 350 g/mol. The maximum atomic E-state index is 13.1. The predicted molar refractivity (Wildman–Crippen MR) is 104 cm³/mol. The molecule has 0 spiro atoms. The minimum absolute atomic E-state index is 0.0863. The minimum atomic E-state index is -0.729. The SMILES string of the molecule is Cc1cccc(CN(C)C2(n3[nH]c4c(c3=O)CCCC4)C=CC=CN2)c1. The van der Waals surface area contributed by atoms with Crippen molar-refractivity contribution in [2.24, 2.45) is 0 Å². The molecule has 1 aliphatic heterocycles. The van der Waals surface area contributed by atoms with Gasteiger partial charge in [-0.25, -0.2) is 4.68 Å². The number of H-pyrrole nitrogens is 1. The van der Waals surface area contributed by atoms with Gasteiger partial charge < -0.3 is 5.32 Å². The molecule has 2 heterocycles. The van der Waals surface area contributed by atoms with Gasteiger partial charge >= 0.3 is 0 Å². The van der Waals surface area contributed by atoms with Gasteiger partial charge in [-0.2, -0.15) is 0 Å². The zero-order chi connectivity index (χ0) is 18.1. The van der Waals surface area contributed by atoms with Gasteiger partial charge in [-0.15, -0.1) is 0 Å². The van der Waals surface area contributed by atoms with Crippen molar-refractivity contribution in [1.82, 2.24) is 20.0 Å². The minimum Gasteiger partial charge on any atom is -0.352 e. The molecule has 5 nitrogen and oxygen atoms in total. The third-order valence-electron chi connectivity index (χ3n) is 5.43. The summed E-state index contributed by atoms with van der Waals surface area (Å²) in [7, 11) is 2.05. The fourth-order valence-corrected chi connectivity index (χ4v) is 4.04. The van der Waals surface area contributed by atoms with E-state index in [4.69, 9.17) is 0 Å². The number of fused-ring (bicyclic) bond motifs is 1. The number of rotatable bonds is 4. The van der Waals surface area contributed by atoms with Gasteiger partial charge in [-0.05, 0) is 63.6 Å². The second kappa shape index (κ2) is 6.65. The first-order valence-electron chi connectivity index (χ1n) is 9.32. The monoisotopic (exact) mass is 350 g/mol. The molecule has 5 heteroatoms. The summed E-state index contributed by atoms with van der Waals surface area (Å²) in [6.45, 7) is 2.83. The molecule has 1 atom stereocenters. The first-order chi connectivity index (χ1) is 12.6. The van der Waals surface area contributed by atoms with Crippen LogP contribution >= 0.6 is 0 Å². The van der Waals surface area contributed by atoms with Crippen LogP contribution in [0.5, 0.6) is 0 Å². The standard InChI is InChI=1S/C21H26N4O/c1-16-8-7-9-17(14-16)15-24(2)21(12-5-6-13-22-21)25-20(26)18-10-3-4-11-19(18)23-25/h5-9,12-14,22-23H,3-4,10-11,15H2,1-2H3. The Morgan fingerprint density at radius 3 is 2.81 bits per heavy atom. The van der Waals surface area contributed by atoms with E-state index in [2.05, 4.69) is 46.5 Å². The molecule has 26 heavy (non-hydrogen) atoms. The first-order valence-corrected chi connectivity index (χ1v) is 9.32. The molecule has 0 bridgehead atoms. The van der Waals surface area contributed by atoms with E-state index in [1.54, 1.807) is 4.68 Å². The van der Waals surface area contributed by atoms with Crippen LogP contribution in [-0.4, -0.2) is 21.7 Å². The van der Waals surface area contributed by atoms with Crippen molar-refractivity contribution >= 4 is 0 Å². The van der Waals surface area contributed by atoms with Crippen LogP contribution in [0.15, 0.2) is 53.5 Å². The molecular formula is C21H26N4O. The number of dihydropyridines is 1. The van der Waals surface area contributed by atoms with E-state index >= 15 is 0 Å². The second-order valence-corrected chi connectivity index (χ2v) is 7.35. The predicted octanol–water partition coefficient (Wildman–Crippen LogP) is 2.78. The molecule has 2 aliphatic rings. The molecule has 1 aliphatic carbocycles. The normalized spacial score (nSPS) is 21.7. The van der Waals surface area contributed by atoms with Crippen LogP contribution in [0.1, 0.15) is 35.2 Å². The Bertz CT molecular complexity index is 920. The lowest BCUT2D eigenvalue weighted by Crippen LogP contribution is -2.59. The number of hydrogen-bond acceptors (Lipinski definition) is 3. The summed E-state index contributed by atoms with van der Waals surface area (Å²) in [5, 5.41) is 6.83. The van der Waals surface area contributed by atoms with Crippen LogP contribution in [0.2, 0.25) is 0 Å². The lowest BCUT2D eigenvalue weighted by molar-refractivity contribution is 0.0439. The maximum absolute atomic E-state index is 13.1. The number of aromatic amines is 1. The van der Waals surface area contributed by atoms with E-state index in [1.165, 1.54) is 11.1 Å². The Morgan fingerprint density at radius 1 is 1.23 bits per heavy atom. The summed E-state index contributed by atoms with van der Waals surface area (Å²) >= 11 is 0. The van der Waals surface area contributed by atoms with Crippen molar-refractivity contribution in [3.05, 3.63) is 81.4 Å². The molecule has 1 aromatic carbocycles. The Morgan fingerprint density at radius 2 is 2.08 bits per heavy atom. The highest BCUT2D eigenvalue weighted by Crippen LogP contribution is 2.25. The molecule has 4 rings (SSSR count). The second-order valence-electron chi connectivity index (χ2n) is 7.35. The molecule has 0 radical (unpaired) electrons. The summed E-state index contributed by atoms with van der Waals surface area (Å²) in [5.41, 5.74) is 4.59. The van der Waals surface area contributed by atoms with Crippen molar-refractivity contribution in [2.45, 2.75) is 44.9 Å². The van der Waals surface area contributed by atoms with Crippen LogP contribution in [0.25, 0.3) is 0 Å². The van der Waals surface area contributed by atoms with Crippen LogP contribution in [-0.2, 0) is 25.2 Å². The van der Waals surface area contributed by atoms with Gasteiger partial charge in [0.1, 0.15) is 0 Å². The van der Waals surface area contributed by atoms with Crippen LogP contribution < -0.4 is 10.9 Å². The molecule has 0 amide bonds. The highest BCUT2D eigenvalue weighted by atomic mass is 16.1. The third kappa shape index (κ3) is 2.82. The fourth-order valence-electron chi connectivity index (χ4n) is 4.04. The van der Waals surface area contributed by atoms with Gasteiger partial charge in [0.2, 0.25) is 5.79 Å². The molecule has 1 unspecified atom stereocenters. The Labute approximate surface area is 154 Å². The molecule has 2 N–H and O–H groups in total. The van der Waals surface area contributed by atoms with E-state index in [-0.39, 0.29) is 5.56 Å². The topological polar surface area (TPSA) is 53.1 Å². The van der Waals surface area contributed by atoms with Crippen molar-refractivity contribution in [2.75, 3.05) is 7.05 Å².